The predicted octanol–water partition coefficient (Wildman–Crippen LogP) is 3.99. The zero-order valence-electron chi connectivity index (χ0n) is 26.7. The zero-order chi connectivity index (χ0) is 31.7. The number of rotatable bonds is 13. The smallest absolute Gasteiger partial charge is 0.410 e. The Labute approximate surface area is 261 Å². The number of carbonyl (C=O) groups is 3. The Bertz CT molecular complexity index is 1060. The van der Waals surface area contributed by atoms with Crippen molar-refractivity contribution in [2.75, 3.05) is 32.2 Å². The van der Waals surface area contributed by atoms with Gasteiger partial charge in [-0.3, -0.25) is 9.59 Å². The molecule has 9 atom stereocenters. The molecule has 10 nitrogen and oxygen atoms in total. The van der Waals surface area contributed by atoms with Crippen LogP contribution in [-0.4, -0.2) is 97.2 Å². The highest BCUT2D eigenvalue weighted by Gasteiger charge is 2.56. The largest absolute Gasteiger partial charge is 0.442 e. The molecule has 3 aliphatic heterocycles. The molecule has 3 N–H and O–H groups in total. The van der Waals surface area contributed by atoms with Crippen molar-refractivity contribution < 1.29 is 33.3 Å². The lowest BCUT2D eigenvalue weighted by molar-refractivity contribution is -0.128. The maximum atomic E-state index is 12.6. The minimum absolute atomic E-state index is 0.0394. The average Bonchev–Trinajstić information content (AvgIpc) is 3.72. The molecular weight excluding hydrogens is 570 g/mol. The van der Waals surface area contributed by atoms with Crippen molar-refractivity contribution in [2.45, 2.75) is 102 Å². The van der Waals surface area contributed by atoms with E-state index in [1.165, 1.54) is 11.0 Å². The Morgan fingerprint density at radius 3 is 2.58 bits per heavy atom. The van der Waals surface area contributed by atoms with E-state index in [0.29, 0.717) is 19.6 Å². The lowest BCUT2D eigenvalue weighted by atomic mass is 9.81. The summed E-state index contributed by atoms with van der Waals surface area (Å²) in [5, 5.41) is 3.05. The van der Waals surface area contributed by atoms with E-state index in [9.17, 15) is 14.4 Å². The SMILES string of the molecule is CSCCN(C)C(=O)OC(C)C=CC(=O)NC1CC(C)C(CC=C(C)C=CC2OC(CC(N)=O)CC3(CO3)C2C)OC1C. The summed E-state index contributed by atoms with van der Waals surface area (Å²) in [5.74, 6) is 0.680. The number of primary amides is 1. The molecule has 0 radical (unpaired) electrons. The van der Waals surface area contributed by atoms with Gasteiger partial charge in [0.2, 0.25) is 11.8 Å². The molecule has 11 heteroatoms. The molecule has 3 heterocycles. The minimum Gasteiger partial charge on any atom is -0.442 e. The lowest BCUT2D eigenvalue weighted by Gasteiger charge is -2.39. The summed E-state index contributed by atoms with van der Waals surface area (Å²) >= 11 is 1.66. The van der Waals surface area contributed by atoms with Crippen molar-refractivity contribution in [1.82, 2.24) is 10.2 Å². The molecule has 242 valence electrons. The number of allylic oxidation sites excluding steroid dienone is 2. The van der Waals surface area contributed by atoms with Crippen LogP contribution in [0.3, 0.4) is 0 Å². The lowest BCUT2D eigenvalue weighted by Crippen LogP contribution is -2.50. The van der Waals surface area contributed by atoms with E-state index < -0.39 is 12.2 Å². The molecule has 43 heavy (non-hydrogen) atoms. The molecule has 0 saturated carbocycles. The number of thioether (sulfide) groups is 1. The predicted molar refractivity (Wildman–Crippen MR) is 169 cm³/mol. The van der Waals surface area contributed by atoms with Crippen molar-refractivity contribution in [3.8, 4) is 0 Å². The Balaban J connectivity index is 1.45. The number of nitrogens with one attached hydrogen (secondary N) is 1. The molecule has 0 aromatic rings. The first-order valence-electron chi connectivity index (χ1n) is 15.3. The molecule has 0 bridgehead atoms. The maximum absolute atomic E-state index is 12.6. The molecule has 3 aliphatic rings. The highest BCUT2D eigenvalue weighted by Crippen LogP contribution is 2.47. The van der Waals surface area contributed by atoms with Gasteiger partial charge >= 0.3 is 6.09 Å². The van der Waals surface area contributed by atoms with Crippen LogP contribution in [0.5, 0.6) is 0 Å². The van der Waals surface area contributed by atoms with Gasteiger partial charge in [0, 0.05) is 37.8 Å². The summed E-state index contributed by atoms with van der Waals surface area (Å²) in [6.07, 6.45) is 12.4. The fourth-order valence-electron chi connectivity index (χ4n) is 5.68. The van der Waals surface area contributed by atoms with Gasteiger partial charge in [0.1, 0.15) is 6.10 Å². The van der Waals surface area contributed by atoms with E-state index in [4.69, 9.17) is 24.7 Å². The molecule has 9 unspecified atom stereocenters. The second-order valence-corrected chi connectivity index (χ2v) is 13.3. The first-order valence-corrected chi connectivity index (χ1v) is 16.7. The first kappa shape index (κ1) is 35.1. The second kappa shape index (κ2) is 16.1. The third-order valence-electron chi connectivity index (χ3n) is 8.70. The highest BCUT2D eigenvalue weighted by molar-refractivity contribution is 7.98. The molecule has 0 aromatic heterocycles. The number of nitrogens with two attached hydrogens (primary N) is 1. The first-order chi connectivity index (χ1) is 20.3. The standard InChI is InChI=1S/C32H51N3O7S/c1-20(9-12-28-23(4)32(19-39-32)18-25(42-28)17-29(33)36)8-11-27-21(2)16-26(24(5)41-27)34-30(37)13-10-22(3)40-31(38)35(6)14-15-43-7/h8-10,12-13,21-28H,11,14-19H2,1-7H3,(H2,33,36)(H,34,37). The van der Waals surface area contributed by atoms with Crippen LogP contribution in [0.4, 0.5) is 4.79 Å². The number of hydrogen-bond donors (Lipinski definition) is 2. The zero-order valence-corrected chi connectivity index (χ0v) is 27.6. The third kappa shape index (κ3) is 10.7. The number of carbonyl (C=O) groups excluding carboxylic acids is 3. The number of amides is 3. The van der Waals surface area contributed by atoms with E-state index in [1.54, 1.807) is 31.8 Å². The highest BCUT2D eigenvalue weighted by atomic mass is 32.2. The molecule has 0 aromatic carbocycles. The summed E-state index contributed by atoms with van der Waals surface area (Å²) in [4.78, 5) is 37.7. The summed E-state index contributed by atoms with van der Waals surface area (Å²) in [6.45, 7) is 11.4. The van der Waals surface area contributed by atoms with Crippen LogP contribution in [0, 0.1) is 11.8 Å². The van der Waals surface area contributed by atoms with E-state index in [2.05, 4.69) is 44.3 Å². The van der Waals surface area contributed by atoms with Crippen LogP contribution < -0.4 is 11.1 Å². The number of nitrogens with zero attached hydrogens (tertiary/aromatic N) is 1. The summed E-state index contributed by atoms with van der Waals surface area (Å²) < 4.78 is 23.7. The normalized spacial score (nSPS) is 33.5. The molecular formula is C32H51N3O7S. The van der Waals surface area contributed by atoms with Gasteiger partial charge in [-0.25, -0.2) is 4.79 Å². The van der Waals surface area contributed by atoms with Gasteiger partial charge in [0.25, 0.3) is 0 Å². The van der Waals surface area contributed by atoms with Gasteiger partial charge in [-0.15, -0.1) is 0 Å². The van der Waals surface area contributed by atoms with Crippen LogP contribution in [0.2, 0.25) is 0 Å². The Morgan fingerprint density at radius 1 is 1.21 bits per heavy atom. The van der Waals surface area contributed by atoms with Crippen molar-refractivity contribution >= 4 is 29.7 Å². The summed E-state index contributed by atoms with van der Waals surface area (Å²) in [7, 11) is 1.70. The monoisotopic (exact) mass is 621 g/mol. The fraction of sp³-hybridized carbons (Fsp3) is 0.719. The fourth-order valence-corrected chi connectivity index (χ4v) is 6.14. The van der Waals surface area contributed by atoms with E-state index in [1.807, 2.05) is 13.2 Å². The van der Waals surface area contributed by atoms with Gasteiger partial charge in [0.15, 0.2) is 0 Å². The molecule has 3 fully saturated rings. The van der Waals surface area contributed by atoms with Crippen LogP contribution in [0.15, 0.2) is 36.0 Å². The second-order valence-electron chi connectivity index (χ2n) is 12.4. The van der Waals surface area contributed by atoms with Crippen molar-refractivity contribution in [3.05, 3.63) is 36.0 Å². The third-order valence-corrected chi connectivity index (χ3v) is 9.29. The molecule has 0 aliphatic carbocycles. The van der Waals surface area contributed by atoms with Crippen LogP contribution >= 0.6 is 11.8 Å². The Morgan fingerprint density at radius 2 is 1.93 bits per heavy atom. The van der Waals surface area contributed by atoms with Crippen molar-refractivity contribution in [2.24, 2.45) is 17.6 Å². The number of hydrogen-bond acceptors (Lipinski definition) is 8. The van der Waals surface area contributed by atoms with Gasteiger partial charge in [-0.2, -0.15) is 11.8 Å². The quantitative estimate of drug-likeness (QED) is 0.179. The van der Waals surface area contributed by atoms with Gasteiger partial charge in [0.05, 0.1) is 49.1 Å². The topological polar surface area (TPSA) is 133 Å². The van der Waals surface area contributed by atoms with E-state index in [-0.39, 0.29) is 66.1 Å². The van der Waals surface area contributed by atoms with Crippen LogP contribution in [0.1, 0.15) is 60.3 Å². The number of ether oxygens (including phenoxy) is 4. The van der Waals surface area contributed by atoms with Gasteiger partial charge < -0.3 is 34.9 Å². The summed E-state index contributed by atoms with van der Waals surface area (Å²) in [6, 6.07) is -0.112. The Kier molecular flexibility index (Phi) is 13.2. The molecule has 3 rings (SSSR count). The maximum Gasteiger partial charge on any atom is 0.410 e. The summed E-state index contributed by atoms with van der Waals surface area (Å²) in [5.41, 5.74) is 6.32. The minimum atomic E-state index is -0.519. The van der Waals surface area contributed by atoms with E-state index >= 15 is 0 Å². The van der Waals surface area contributed by atoms with Gasteiger partial charge in [-0.1, -0.05) is 37.6 Å². The molecule has 3 amide bonds. The Hall–Kier alpha value is -2.34. The average molecular weight is 622 g/mol. The van der Waals surface area contributed by atoms with Crippen LogP contribution in [-0.2, 0) is 28.5 Å². The number of epoxide rings is 1. The molecule has 1 spiro atoms. The van der Waals surface area contributed by atoms with Crippen LogP contribution in [0.25, 0.3) is 0 Å². The molecule has 3 saturated heterocycles. The van der Waals surface area contributed by atoms with Crippen molar-refractivity contribution in [3.63, 3.8) is 0 Å². The van der Waals surface area contributed by atoms with Crippen molar-refractivity contribution in [1.29, 1.82) is 0 Å². The van der Waals surface area contributed by atoms with Gasteiger partial charge in [-0.05, 0) is 51.9 Å². The van der Waals surface area contributed by atoms with E-state index in [0.717, 1.165) is 24.2 Å².